The first-order valence-electron chi connectivity index (χ1n) is 9.08. The van der Waals surface area contributed by atoms with Crippen molar-refractivity contribution in [3.63, 3.8) is 0 Å². The first-order valence-corrected chi connectivity index (χ1v) is 9.89. The fourth-order valence-electron chi connectivity index (χ4n) is 3.57. The van der Waals surface area contributed by atoms with E-state index in [0.29, 0.717) is 23.9 Å². The summed E-state index contributed by atoms with van der Waals surface area (Å²) < 4.78 is 45.7. The van der Waals surface area contributed by atoms with E-state index in [1.54, 1.807) is 22.8 Å². The van der Waals surface area contributed by atoms with Crippen molar-refractivity contribution in [3.8, 4) is 11.4 Å². The lowest BCUT2D eigenvalue weighted by atomic mass is 10.1. The van der Waals surface area contributed by atoms with E-state index in [2.05, 4.69) is 20.4 Å². The predicted octanol–water partition coefficient (Wildman–Crippen LogP) is 3.93. The molecule has 2 unspecified atom stereocenters. The van der Waals surface area contributed by atoms with Crippen LogP contribution in [0.1, 0.15) is 25.0 Å². The number of nitrogens with zero attached hydrogens (tertiary/aromatic N) is 4. The molecular formula is C18H19F3N6OS. The van der Waals surface area contributed by atoms with Gasteiger partial charge in [0.05, 0.1) is 24.5 Å². The number of anilines is 1. The normalized spacial score (nSPS) is 19.7. The fourth-order valence-corrected chi connectivity index (χ4v) is 3.84. The van der Waals surface area contributed by atoms with E-state index < -0.39 is 11.9 Å². The second-order valence-electron chi connectivity index (χ2n) is 6.94. The molecule has 3 heterocycles. The summed E-state index contributed by atoms with van der Waals surface area (Å²) >= 11 is 0.880. The second-order valence-corrected chi connectivity index (χ2v) is 7.36. The molecule has 3 N–H and O–H groups in total. The Morgan fingerprint density at radius 3 is 2.90 bits per heavy atom. The zero-order valence-corrected chi connectivity index (χ0v) is 16.1. The number of nitrogens with two attached hydrogens (primary N) is 1. The van der Waals surface area contributed by atoms with Crippen LogP contribution < -0.4 is 10.5 Å². The van der Waals surface area contributed by atoms with Gasteiger partial charge in [-0.1, -0.05) is 6.07 Å². The number of nitrogens with one attached hydrogen (secondary N) is 1. The summed E-state index contributed by atoms with van der Waals surface area (Å²) in [4.78, 5) is 7.97. The molecule has 0 amide bonds. The number of rotatable bonds is 6. The number of halogens is 3. The third-order valence-corrected chi connectivity index (χ3v) is 5.20. The van der Waals surface area contributed by atoms with Gasteiger partial charge in [0, 0.05) is 18.3 Å². The summed E-state index contributed by atoms with van der Waals surface area (Å²) in [5.74, 6) is 1.16. The quantitative estimate of drug-likeness (QED) is 0.458. The van der Waals surface area contributed by atoms with Crippen LogP contribution >= 0.6 is 12.2 Å². The Bertz CT molecular complexity index is 995. The van der Waals surface area contributed by atoms with Crippen LogP contribution in [0.4, 0.5) is 19.0 Å². The Morgan fingerprint density at radius 2 is 2.10 bits per heavy atom. The minimum Gasteiger partial charge on any atom is -0.367 e. The highest BCUT2D eigenvalue weighted by Gasteiger charge is 2.32. The van der Waals surface area contributed by atoms with Crippen LogP contribution in [0.3, 0.4) is 0 Å². The second kappa shape index (κ2) is 8.17. The Kier molecular flexibility index (Phi) is 5.61. The summed E-state index contributed by atoms with van der Waals surface area (Å²) in [6, 6.07) is 7.42. The van der Waals surface area contributed by atoms with Gasteiger partial charge in [-0.05, 0) is 43.4 Å². The molecule has 1 aliphatic carbocycles. The lowest BCUT2D eigenvalue weighted by molar-refractivity contribution is -0.141. The average Bonchev–Trinajstić information content (AvgIpc) is 3.33. The highest BCUT2D eigenvalue weighted by molar-refractivity contribution is 7.92. The van der Waals surface area contributed by atoms with Crippen molar-refractivity contribution in [2.75, 3.05) is 11.9 Å². The minimum atomic E-state index is -4.51. The van der Waals surface area contributed by atoms with Gasteiger partial charge in [0.25, 0.3) is 0 Å². The maximum absolute atomic E-state index is 13.0. The molecule has 2 atom stereocenters. The predicted molar refractivity (Wildman–Crippen MR) is 104 cm³/mol. The van der Waals surface area contributed by atoms with Crippen LogP contribution in [0.15, 0.2) is 36.5 Å². The molecule has 7 nitrogen and oxygen atoms in total. The van der Waals surface area contributed by atoms with Gasteiger partial charge >= 0.3 is 6.18 Å². The van der Waals surface area contributed by atoms with E-state index in [1.165, 1.54) is 12.1 Å². The molecule has 0 aliphatic heterocycles. The van der Waals surface area contributed by atoms with E-state index in [9.17, 15) is 13.2 Å². The first-order chi connectivity index (χ1) is 13.9. The Morgan fingerprint density at radius 1 is 1.24 bits per heavy atom. The minimum absolute atomic E-state index is 0.147. The van der Waals surface area contributed by atoms with Crippen LogP contribution in [-0.4, -0.2) is 32.2 Å². The topological polar surface area (TPSA) is 90.4 Å². The van der Waals surface area contributed by atoms with Crippen molar-refractivity contribution in [1.82, 2.24) is 19.6 Å². The molecule has 0 radical (unpaired) electrons. The van der Waals surface area contributed by atoms with Gasteiger partial charge in [0.1, 0.15) is 17.2 Å². The highest BCUT2D eigenvalue weighted by Crippen LogP contribution is 2.31. The van der Waals surface area contributed by atoms with Crippen molar-refractivity contribution >= 4 is 23.7 Å². The molecule has 11 heteroatoms. The smallest absolute Gasteiger partial charge is 0.367 e. The summed E-state index contributed by atoms with van der Waals surface area (Å²) in [6.45, 7) is 0.609. The largest absolute Gasteiger partial charge is 0.433 e. The van der Waals surface area contributed by atoms with E-state index >= 15 is 0 Å². The summed E-state index contributed by atoms with van der Waals surface area (Å²) in [6.07, 6.45) is 0.0869. The third kappa shape index (κ3) is 4.46. The number of pyridine rings is 1. The highest BCUT2D eigenvalue weighted by atomic mass is 32.2. The third-order valence-electron chi connectivity index (χ3n) is 4.92. The molecule has 1 saturated carbocycles. The molecule has 1 aliphatic rings. The molecule has 29 heavy (non-hydrogen) atoms. The monoisotopic (exact) mass is 424 g/mol. The molecule has 0 spiro atoms. The summed E-state index contributed by atoms with van der Waals surface area (Å²) in [5.41, 5.74) is 0.0546. The molecule has 0 bridgehead atoms. The number of hydrogen-bond donors (Lipinski definition) is 2. The van der Waals surface area contributed by atoms with Crippen molar-refractivity contribution in [1.29, 1.82) is 0 Å². The Hall–Kier alpha value is -2.37. The van der Waals surface area contributed by atoms with Crippen molar-refractivity contribution in [3.05, 3.63) is 42.2 Å². The van der Waals surface area contributed by atoms with Crippen LogP contribution in [0.5, 0.6) is 0 Å². The standard InChI is InChI=1S/C18H19F3N6OS/c19-18(20,21)15-3-1-2-13(25-15)14-9-17-23-7-6-16(27(17)26-14)24-12-5-4-11(8-12)10-28-29-22/h1-3,6-7,9,11-12,24H,4-5,8,10,22H2. The molecular weight excluding hydrogens is 405 g/mol. The lowest BCUT2D eigenvalue weighted by Gasteiger charge is -2.15. The Labute approximate surface area is 169 Å². The van der Waals surface area contributed by atoms with Gasteiger partial charge in [-0.3, -0.25) is 5.14 Å². The summed E-state index contributed by atoms with van der Waals surface area (Å²) in [5, 5.41) is 13.2. The number of aromatic nitrogens is 4. The SMILES string of the molecule is NSOCC1CCC(Nc2ccnc3cc(-c4cccc(C(F)(F)F)n4)nn23)C1. The molecule has 3 aromatic heterocycles. The maximum Gasteiger partial charge on any atom is 0.433 e. The van der Waals surface area contributed by atoms with Gasteiger partial charge in [0.2, 0.25) is 0 Å². The fraction of sp³-hybridized carbons (Fsp3) is 0.389. The van der Waals surface area contributed by atoms with E-state index in [0.717, 1.165) is 43.4 Å². The number of alkyl halides is 3. The maximum atomic E-state index is 13.0. The van der Waals surface area contributed by atoms with E-state index in [-0.39, 0.29) is 11.7 Å². The molecule has 154 valence electrons. The number of fused-ring (bicyclic) bond motifs is 1. The van der Waals surface area contributed by atoms with Gasteiger partial charge in [-0.25, -0.2) is 9.97 Å². The lowest BCUT2D eigenvalue weighted by Crippen LogP contribution is -2.18. The van der Waals surface area contributed by atoms with Gasteiger partial charge in [0.15, 0.2) is 5.65 Å². The van der Waals surface area contributed by atoms with E-state index in [4.69, 9.17) is 9.32 Å². The number of hydrogen-bond acceptors (Lipinski definition) is 7. The first kappa shape index (κ1) is 19.9. The van der Waals surface area contributed by atoms with Crippen molar-refractivity contribution < 1.29 is 17.4 Å². The zero-order chi connectivity index (χ0) is 20.4. The van der Waals surface area contributed by atoms with Crippen LogP contribution in [0.2, 0.25) is 0 Å². The van der Waals surface area contributed by atoms with Crippen molar-refractivity contribution in [2.45, 2.75) is 31.5 Å². The zero-order valence-electron chi connectivity index (χ0n) is 15.3. The van der Waals surface area contributed by atoms with Gasteiger partial charge in [-0.15, -0.1) is 0 Å². The molecule has 1 fully saturated rings. The average molecular weight is 424 g/mol. The molecule has 4 rings (SSSR count). The molecule has 0 aromatic carbocycles. The van der Waals surface area contributed by atoms with Crippen LogP contribution in [0.25, 0.3) is 17.0 Å². The van der Waals surface area contributed by atoms with Crippen molar-refractivity contribution in [2.24, 2.45) is 11.1 Å². The molecule has 3 aromatic rings. The van der Waals surface area contributed by atoms with Gasteiger partial charge < -0.3 is 9.50 Å². The van der Waals surface area contributed by atoms with Gasteiger partial charge in [-0.2, -0.15) is 22.8 Å². The molecule has 0 saturated heterocycles. The summed E-state index contributed by atoms with van der Waals surface area (Å²) in [7, 11) is 0. The van der Waals surface area contributed by atoms with Crippen LogP contribution in [0, 0.1) is 5.92 Å². The van der Waals surface area contributed by atoms with E-state index in [1.807, 2.05) is 0 Å². The van der Waals surface area contributed by atoms with Crippen LogP contribution in [-0.2, 0) is 10.4 Å². The Balaban J connectivity index is 1.57.